The fourth-order valence-corrected chi connectivity index (χ4v) is 3.97. The lowest BCUT2D eigenvalue weighted by atomic mass is 10.3. The van der Waals surface area contributed by atoms with Gasteiger partial charge in [-0.05, 0) is 12.1 Å². The zero-order valence-corrected chi connectivity index (χ0v) is 9.78. The van der Waals surface area contributed by atoms with Crippen LogP contribution in [0.4, 0.5) is 0 Å². The molecule has 1 rings (SSSR count). The van der Waals surface area contributed by atoms with Gasteiger partial charge in [0.05, 0.1) is 0 Å². The molecule has 0 saturated carbocycles. The van der Waals surface area contributed by atoms with Crippen LogP contribution >= 0.6 is 0 Å². The van der Waals surface area contributed by atoms with Gasteiger partial charge >= 0.3 is 8.56 Å². The van der Waals surface area contributed by atoms with E-state index in [9.17, 15) is 5.11 Å². The summed E-state index contributed by atoms with van der Waals surface area (Å²) in [6.07, 6.45) is 0. The van der Waals surface area contributed by atoms with Gasteiger partial charge in [-0.1, -0.05) is 25.1 Å². The Balaban J connectivity index is 3.17. The van der Waals surface area contributed by atoms with Crippen LogP contribution in [0.2, 0.25) is 6.04 Å². The highest BCUT2D eigenvalue weighted by Crippen LogP contribution is 2.17. The average Bonchev–Trinajstić information content (AvgIpc) is 2.24. The number of phenols is 1. The molecule has 0 amide bonds. The van der Waals surface area contributed by atoms with E-state index in [-0.39, 0.29) is 5.75 Å². The summed E-state index contributed by atoms with van der Waals surface area (Å²) in [5.41, 5.74) is 0. The Kier molecular flexibility index (Phi) is 3.68. The molecule has 0 aromatic heterocycles. The molecule has 1 aromatic rings. The highest BCUT2D eigenvalue weighted by atomic mass is 28.4. The van der Waals surface area contributed by atoms with Crippen molar-refractivity contribution in [3.05, 3.63) is 24.3 Å². The minimum absolute atomic E-state index is 0.254. The fraction of sp³-hybridized carbons (Fsp3) is 0.400. The maximum Gasteiger partial charge on any atom is 0.375 e. The van der Waals surface area contributed by atoms with Crippen LogP contribution in [0.15, 0.2) is 24.3 Å². The lowest BCUT2D eigenvalue weighted by Gasteiger charge is -2.26. The van der Waals surface area contributed by atoms with Gasteiger partial charge in [0.1, 0.15) is 5.75 Å². The van der Waals surface area contributed by atoms with Crippen LogP contribution in [-0.2, 0) is 8.85 Å². The summed E-state index contributed by atoms with van der Waals surface area (Å²) in [6.45, 7) is 2.01. The van der Waals surface area contributed by atoms with Crippen molar-refractivity contribution < 1.29 is 14.0 Å². The molecule has 0 saturated heterocycles. The summed E-state index contributed by atoms with van der Waals surface area (Å²) < 4.78 is 10.9. The third-order valence-corrected chi connectivity index (χ3v) is 5.93. The predicted molar refractivity (Wildman–Crippen MR) is 58.0 cm³/mol. The van der Waals surface area contributed by atoms with Gasteiger partial charge in [-0.2, -0.15) is 0 Å². The van der Waals surface area contributed by atoms with Crippen LogP contribution in [-0.4, -0.2) is 27.9 Å². The second kappa shape index (κ2) is 4.59. The van der Waals surface area contributed by atoms with Crippen LogP contribution in [0.25, 0.3) is 0 Å². The zero-order valence-electron chi connectivity index (χ0n) is 8.78. The number of hydrogen-bond acceptors (Lipinski definition) is 3. The number of para-hydroxylation sites is 1. The molecular weight excluding hydrogens is 196 g/mol. The number of phenolic OH excluding ortho intramolecular Hbond substituents is 1. The second-order valence-corrected chi connectivity index (χ2v) is 6.60. The van der Waals surface area contributed by atoms with Crippen molar-refractivity contribution in [3.8, 4) is 5.75 Å². The molecule has 0 atom stereocenters. The molecule has 0 radical (unpaired) electrons. The van der Waals surface area contributed by atoms with E-state index in [2.05, 4.69) is 0 Å². The van der Waals surface area contributed by atoms with E-state index in [4.69, 9.17) is 8.85 Å². The van der Waals surface area contributed by atoms with E-state index < -0.39 is 8.56 Å². The molecule has 0 bridgehead atoms. The van der Waals surface area contributed by atoms with Crippen molar-refractivity contribution in [2.45, 2.75) is 13.0 Å². The van der Waals surface area contributed by atoms with Crippen molar-refractivity contribution in [3.63, 3.8) is 0 Å². The van der Waals surface area contributed by atoms with Crippen LogP contribution in [0.1, 0.15) is 6.92 Å². The van der Waals surface area contributed by atoms with Crippen LogP contribution in [0, 0.1) is 0 Å². The first-order chi connectivity index (χ1) is 6.70. The highest BCUT2D eigenvalue weighted by molar-refractivity contribution is 6.81. The van der Waals surface area contributed by atoms with Gasteiger partial charge in [0.25, 0.3) is 0 Å². The smallest absolute Gasteiger partial charge is 0.375 e. The summed E-state index contributed by atoms with van der Waals surface area (Å²) >= 11 is 0. The zero-order chi connectivity index (χ0) is 10.6. The van der Waals surface area contributed by atoms with Crippen molar-refractivity contribution >= 4 is 13.7 Å². The Labute approximate surface area is 85.5 Å². The highest BCUT2D eigenvalue weighted by Gasteiger charge is 2.38. The lowest BCUT2D eigenvalue weighted by Crippen LogP contribution is -2.51. The van der Waals surface area contributed by atoms with Crippen molar-refractivity contribution in [2.24, 2.45) is 0 Å². The Bertz CT molecular complexity index is 289. The quantitative estimate of drug-likeness (QED) is 0.766. The van der Waals surface area contributed by atoms with Gasteiger partial charge in [-0.3, -0.25) is 0 Å². The maximum atomic E-state index is 9.71. The minimum atomic E-state index is -2.39. The molecule has 78 valence electrons. The summed E-state index contributed by atoms with van der Waals surface area (Å²) in [5.74, 6) is 0.254. The van der Waals surface area contributed by atoms with E-state index in [1.807, 2.05) is 19.1 Å². The third kappa shape index (κ3) is 1.82. The molecule has 0 spiro atoms. The minimum Gasteiger partial charge on any atom is -0.508 e. The molecule has 0 unspecified atom stereocenters. The summed E-state index contributed by atoms with van der Waals surface area (Å²) in [7, 11) is 0.873. The SMILES string of the molecule is CC[Si](OC)(OC)c1ccccc1O. The van der Waals surface area contributed by atoms with E-state index >= 15 is 0 Å². The molecule has 1 N–H and O–H groups in total. The van der Waals surface area contributed by atoms with Gasteiger partial charge in [0.15, 0.2) is 0 Å². The first-order valence-electron chi connectivity index (χ1n) is 4.59. The van der Waals surface area contributed by atoms with Gasteiger partial charge in [0.2, 0.25) is 0 Å². The predicted octanol–water partition coefficient (Wildman–Crippen LogP) is 1.35. The first-order valence-corrected chi connectivity index (χ1v) is 6.61. The first kappa shape index (κ1) is 11.2. The van der Waals surface area contributed by atoms with Crippen molar-refractivity contribution in [2.75, 3.05) is 14.2 Å². The Morgan fingerprint density at radius 2 is 1.79 bits per heavy atom. The summed E-state index contributed by atoms with van der Waals surface area (Å²) in [4.78, 5) is 0. The van der Waals surface area contributed by atoms with E-state index in [0.717, 1.165) is 11.2 Å². The fourth-order valence-electron chi connectivity index (χ4n) is 1.58. The molecule has 14 heavy (non-hydrogen) atoms. The number of hydrogen-bond donors (Lipinski definition) is 1. The van der Waals surface area contributed by atoms with E-state index in [0.29, 0.717) is 0 Å². The molecule has 0 fully saturated rings. The van der Waals surface area contributed by atoms with E-state index in [1.54, 1.807) is 26.4 Å². The van der Waals surface area contributed by atoms with Gasteiger partial charge in [-0.25, -0.2) is 0 Å². The normalized spacial score (nSPS) is 11.6. The number of rotatable bonds is 4. The van der Waals surface area contributed by atoms with Crippen LogP contribution < -0.4 is 5.19 Å². The largest absolute Gasteiger partial charge is 0.508 e. The van der Waals surface area contributed by atoms with Gasteiger partial charge in [-0.15, -0.1) is 0 Å². The second-order valence-electron chi connectivity index (χ2n) is 3.03. The Hall–Kier alpha value is -0.843. The van der Waals surface area contributed by atoms with Gasteiger partial charge < -0.3 is 14.0 Å². The lowest BCUT2D eigenvalue weighted by molar-refractivity contribution is 0.258. The number of aromatic hydroxyl groups is 1. The molecule has 1 aromatic carbocycles. The molecule has 0 aliphatic heterocycles. The van der Waals surface area contributed by atoms with Crippen LogP contribution in [0.5, 0.6) is 5.75 Å². The van der Waals surface area contributed by atoms with Crippen LogP contribution in [0.3, 0.4) is 0 Å². The Morgan fingerprint density at radius 3 is 2.21 bits per heavy atom. The number of benzene rings is 1. The topological polar surface area (TPSA) is 38.7 Å². The molecule has 4 heteroatoms. The monoisotopic (exact) mass is 212 g/mol. The van der Waals surface area contributed by atoms with E-state index in [1.165, 1.54) is 0 Å². The molecule has 0 aliphatic rings. The molecule has 0 aliphatic carbocycles. The van der Waals surface area contributed by atoms with Crippen molar-refractivity contribution in [1.82, 2.24) is 0 Å². The van der Waals surface area contributed by atoms with Gasteiger partial charge in [0, 0.05) is 19.4 Å². The maximum absolute atomic E-state index is 9.71. The molecule has 3 nitrogen and oxygen atoms in total. The molecule has 0 heterocycles. The Morgan fingerprint density at radius 1 is 1.21 bits per heavy atom. The van der Waals surface area contributed by atoms with Crippen molar-refractivity contribution in [1.29, 1.82) is 0 Å². The third-order valence-electron chi connectivity index (χ3n) is 2.44. The summed E-state index contributed by atoms with van der Waals surface area (Å²) in [6, 6.07) is 7.96. The average molecular weight is 212 g/mol. The standard InChI is InChI=1S/C10H16O3Si/c1-4-14(12-2,13-3)10-8-6-5-7-9(10)11/h5-8,11H,4H2,1-3H3. The molecular formula is C10H16O3Si. The summed E-state index contributed by atoms with van der Waals surface area (Å²) in [5, 5.41) is 10.5.